The van der Waals surface area contributed by atoms with Gasteiger partial charge < -0.3 is 15.1 Å². The Morgan fingerprint density at radius 1 is 1.42 bits per heavy atom. The van der Waals surface area contributed by atoms with Gasteiger partial charge in [-0.1, -0.05) is 18.2 Å². The summed E-state index contributed by atoms with van der Waals surface area (Å²) in [4.78, 5) is 14.1. The fourth-order valence-electron chi connectivity index (χ4n) is 2.54. The van der Waals surface area contributed by atoms with Crippen LogP contribution >= 0.6 is 0 Å². The van der Waals surface area contributed by atoms with Gasteiger partial charge in [-0.25, -0.2) is 0 Å². The molecule has 2 aromatic rings. The number of nitrogens with zero attached hydrogens (tertiary/aromatic N) is 1. The molecular weight excluding hydrogens is 240 g/mol. The Kier molecular flexibility index (Phi) is 2.82. The van der Waals surface area contributed by atoms with Gasteiger partial charge in [0.25, 0.3) is 0 Å². The Morgan fingerprint density at radius 3 is 2.84 bits per heavy atom. The Hall–Kier alpha value is -1.81. The number of rotatable bonds is 4. The lowest BCUT2D eigenvalue weighted by atomic mass is 10.1. The fraction of sp³-hybridized carbons (Fsp3) is 0.400. The van der Waals surface area contributed by atoms with Crippen molar-refractivity contribution in [1.82, 2.24) is 4.90 Å². The van der Waals surface area contributed by atoms with Gasteiger partial charge in [0.2, 0.25) is 5.91 Å². The van der Waals surface area contributed by atoms with Crippen LogP contribution < -0.4 is 5.73 Å². The summed E-state index contributed by atoms with van der Waals surface area (Å²) in [5, 5.41) is 1.07. The molecule has 0 atom stereocenters. The third-order valence-corrected chi connectivity index (χ3v) is 4.01. The van der Waals surface area contributed by atoms with Gasteiger partial charge in [-0.3, -0.25) is 4.79 Å². The van der Waals surface area contributed by atoms with Crippen molar-refractivity contribution in [1.29, 1.82) is 0 Å². The average molecular weight is 258 g/mol. The lowest BCUT2D eigenvalue weighted by molar-refractivity contribution is -0.135. The van der Waals surface area contributed by atoms with E-state index in [2.05, 4.69) is 0 Å². The summed E-state index contributed by atoms with van der Waals surface area (Å²) in [5.74, 6) is 0.153. The van der Waals surface area contributed by atoms with Crippen molar-refractivity contribution in [2.75, 3.05) is 13.6 Å². The molecule has 2 N–H and O–H groups in total. The van der Waals surface area contributed by atoms with E-state index in [1.165, 1.54) is 0 Å². The van der Waals surface area contributed by atoms with Crippen LogP contribution in [0.3, 0.4) is 0 Å². The Bertz CT molecular complexity index is 613. The molecule has 0 spiro atoms. The predicted molar refractivity (Wildman–Crippen MR) is 73.4 cm³/mol. The van der Waals surface area contributed by atoms with Gasteiger partial charge in [-0.15, -0.1) is 0 Å². The van der Waals surface area contributed by atoms with Crippen LogP contribution in [-0.4, -0.2) is 24.4 Å². The molecule has 1 aliphatic carbocycles. The summed E-state index contributed by atoms with van der Waals surface area (Å²) in [6.07, 6.45) is 3.56. The minimum Gasteiger partial charge on any atom is -0.464 e. The highest BCUT2D eigenvalue weighted by Crippen LogP contribution is 2.46. The van der Waals surface area contributed by atoms with Gasteiger partial charge in [0.05, 0.1) is 11.7 Å². The SMILES string of the molecule is CN(Cc1coc2ccccc12)C(=O)C1(CN)CC1. The summed E-state index contributed by atoms with van der Waals surface area (Å²) >= 11 is 0. The molecule has 0 unspecified atom stereocenters. The van der Waals surface area contributed by atoms with Gasteiger partial charge in [-0.05, 0) is 18.9 Å². The first kappa shape index (κ1) is 12.2. The molecule has 0 radical (unpaired) electrons. The second-order valence-corrected chi connectivity index (χ2v) is 5.40. The smallest absolute Gasteiger partial charge is 0.230 e. The van der Waals surface area contributed by atoms with E-state index in [-0.39, 0.29) is 11.3 Å². The number of furan rings is 1. The number of carbonyl (C=O) groups excluding carboxylic acids is 1. The van der Waals surface area contributed by atoms with Crippen LogP contribution in [0.15, 0.2) is 34.9 Å². The summed E-state index contributed by atoms with van der Waals surface area (Å²) in [6, 6.07) is 7.87. The number of hydrogen-bond donors (Lipinski definition) is 1. The molecule has 19 heavy (non-hydrogen) atoms. The van der Waals surface area contributed by atoms with Gasteiger partial charge >= 0.3 is 0 Å². The monoisotopic (exact) mass is 258 g/mol. The number of carbonyl (C=O) groups is 1. The highest BCUT2D eigenvalue weighted by atomic mass is 16.3. The minimum atomic E-state index is -0.283. The lowest BCUT2D eigenvalue weighted by Gasteiger charge is -2.22. The maximum Gasteiger partial charge on any atom is 0.230 e. The fourth-order valence-corrected chi connectivity index (χ4v) is 2.54. The number of hydrogen-bond acceptors (Lipinski definition) is 3. The largest absolute Gasteiger partial charge is 0.464 e. The van der Waals surface area contributed by atoms with E-state index in [0.717, 1.165) is 29.4 Å². The Morgan fingerprint density at radius 2 is 2.16 bits per heavy atom. The van der Waals surface area contributed by atoms with Crippen molar-refractivity contribution < 1.29 is 9.21 Å². The first-order valence-corrected chi connectivity index (χ1v) is 6.57. The van der Waals surface area contributed by atoms with E-state index in [1.54, 1.807) is 11.2 Å². The molecule has 0 saturated heterocycles. The average Bonchev–Trinajstić information content (AvgIpc) is 3.15. The standard InChI is InChI=1S/C15H18N2O2/c1-17(14(18)15(10-16)6-7-15)8-11-9-19-13-5-3-2-4-12(11)13/h2-5,9H,6-8,10,16H2,1H3. The van der Waals surface area contributed by atoms with Gasteiger partial charge in [0.15, 0.2) is 0 Å². The molecule has 0 aliphatic heterocycles. The van der Waals surface area contributed by atoms with Crippen LogP contribution in [0.25, 0.3) is 11.0 Å². The van der Waals surface area contributed by atoms with Crippen molar-refractivity contribution in [3.63, 3.8) is 0 Å². The normalized spacial score (nSPS) is 16.5. The maximum atomic E-state index is 12.3. The van der Waals surface area contributed by atoms with Gasteiger partial charge in [0, 0.05) is 31.1 Å². The number of nitrogens with two attached hydrogens (primary N) is 1. The molecular formula is C15H18N2O2. The maximum absolute atomic E-state index is 12.3. The van der Waals surface area contributed by atoms with E-state index in [9.17, 15) is 4.79 Å². The van der Waals surface area contributed by atoms with Crippen LogP contribution in [0.4, 0.5) is 0 Å². The van der Waals surface area contributed by atoms with Crippen LogP contribution in [0.1, 0.15) is 18.4 Å². The first-order chi connectivity index (χ1) is 9.16. The molecule has 1 heterocycles. The molecule has 1 aromatic heterocycles. The molecule has 1 aromatic carbocycles. The Labute approximate surface area is 112 Å². The van der Waals surface area contributed by atoms with Gasteiger partial charge in [0.1, 0.15) is 5.58 Å². The number of fused-ring (bicyclic) bond motifs is 1. The highest BCUT2D eigenvalue weighted by Gasteiger charge is 2.49. The summed E-state index contributed by atoms with van der Waals surface area (Å²) < 4.78 is 5.49. The zero-order chi connectivity index (χ0) is 13.5. The molecule has 1 fully saturated rings. The van der Waals surface area contributed by atoms with Crippen LogP contribution in [-0.2, 0) is 11.3 Å². The summed E-state index contributed by atoms with van der Waals surface area (Å²) in [5.41, 5.74) is 7.32. The zero-order valence-corrected chi connectivity index (χ0v) is 11.1. The van der Waals surface area contributed by atoms with E-state index in [0.29, 0.717) is 13.1 Å². The second-order valence-electron chi connectivity index (χ2n) is 5.40. The van der Waals surface area contributed by atoms with Crippen molar-refractivity contribution in [2.45, 2.75) is 19.4 Å². The summed E-state index contributed by atoms with van der Waals surface area (Å²) in [7, 11) is 1.83. The second kappa shape index (κ2) is 4.38. The number of benzene rings is 1. The number of amides is 1. The Balaban J connectivity index is 1.79. The topological polar surface area (TPSA) is 59.5 Å². The molecule has 4 heteroatoms. The van der Waals surface area contributed by atoms with Crippen LogP contribution in [0.2, 0.25) is 0 Å². The van der Waals surface area contributed by atoms with Crippen LogP contribution in [0, 0.1) is 5.41 Å². The quantitative estimate of drug-likeness (QED) is 0.914. The zero-order valence-electron chi connectivity index (χ0n) is 11.1. The third-order valence-electron chi connectivity index (χ3n) is 4.01. The van der Waals surface area contributed by atoms with Crippen molar-refractivity contribution in [3.05, 3.63) is 36.1 Å². The molecule has 1 saturated carbocycles. The number of para-hydroxylation sites is 1. The highest BCUT2D eigenvalue weighted by molar-refractivity contribution is 5.86. The van der Waals surface area contributed by atoms with E-state index >= 15 is 0 Å². The molecule has 100 valence electrons. The minimum absolute atomic E-state index is 0.153. The summed E-state index contributed by atoms with van der Waals surface area (Å²) in [6.45, 7) is 1.01. The molecule has 1 aliphatic rings. The van der Waals surface area contributed by atoms with Crippen molar-refractivity contribution in [3.8, 4) is 0 Å². The van der Waals surface area contributed by atoms with E-state index in [4.69, 9.17) is 10.2 Å². The predicted octanol–water partition coefficient (Wildman–Crippen LogP) is 2.13. The molecule has 4 nitrogen and oxygen atoms in total. The van der Waals surface area contributed by atoms with E-state index < -0.39 is 0 Å². The first-order valence-electron chi connectivity index (χ1n) is 6.57. The molecule has 0 bridgehead atoms. The lowest BCUT2D eigenvalue weighted by Crippen LogP contribution is -2.37. The third kappa shape index (κ3) is 2.02. The van der Waals surface area contributed by atoms with Crippen molar-refractivity contribution >= 4 is 16.9 Å². The molecule has 1 amide bonds. The van der Waals surface area contributed by atoms with E-state index in [1.807, 2.05) is 31.3 Å². The van der Waals surface area contributed by atoms with Crippen LogP contribution in [0.5, 0.6) is 0 Å². The van der Waals surface area contributed by atoms with Crippen molar-refractivity contribution in [2.24, 2.45) is 11.1 Å². The van der Waals surface area contributed by atoms with Gasteiger partial charge in [-0.2, -0.15) is 0 Å². The molecule has 3 rings (SSSR count).